The molecule has 2 rings (SSSR count). The van der Waals surface area contributed by atoms with E-state index in [-0.39, 0.29) is 5.91 Å². The first-order chi connectivity index (χ1) is 9.25. The van der Waals surface area contributed by atoms with Gasteiger partial charge >= 0.3 is 0 Å². The van der Waals surface area contributed by atoms with Crippen LogP contribution < -0.4 is 5.32 Å². The van der Waals surface area contributed by atoms with Gasteiger partial charge in [-0.25, -0.2) is 4.98 Å². The Hall–Kier alpha value is -1.33. The van der Waals surface area contributed by atoms with E-state index in [2.05, 4.69) is 38.4 Å². The second kappa shape index (κ2) is 7.31. The summed E-state index contributed by atoms with van der Waals surface area (Å²) in [6.07, 6.45) is 1.61. The van der Waals surface area contributed by atoms with Crippen LogP contribution in [0.4, 0.5) is 0 Å². The van der Waals surface area contributed by atoms with Gasteiger partial charge in [0, 0.05) is 29.0 Å². The van der Waals surface area contributed by atoms with E-state index in [9.17, 15) is 4.79 Å². The van der Waals surface area contributed by atoms with E-state index in [1.807, 2.05) is 18.2 Å². The van der Waals surface area contributed by atoms with Gasteiger partial charge in [0.25, 0.3) is 5.91 Å². The summed E-state index contributed by atoms with van der Waals surface area (Å²) in [5, 5.41) is 2.89. The third-order valence-electron chi connectivity index (χ3n) is 2.39. The fourth-order valence-corrected chi connectivity index (χ4v) is 2.65. The highest BCUT2D eigenvalue weighted by atomic mass is 79.9. The molecule has 19 heavy (non-hydrogen) atoms. The maximum Gasteiger partial charge on any atom is 0.251 e. The third kappa shape index (κ3) is 4.69. The summed E-state index contributed by atoms with van der Waals surface area (Å²) in [6.45, 7) is 0.637. The summed E-state index contributed by atoms with van der Waals surface area (Å²) in [4.78, 5) is 17.0. The fourth-order valence-electron chi connectivity index (χ4n) is 1.50. The van der Waals surface area contributed by atoms with Crippen LogP contribution >= 0.6 is 27.7 Å². The Morgan fingerprint density at radius 3 is 2.79 bits per heavy atom. The lowest BCUT2D eigenvalue weighted by atomic mass is 10.2. The highest BCUT2D eigenvalue weighted by molar-refractivity contribution is 9.10. The van der Waals surface area contributed by atoms with Crippen molar-refractivity contribution in [1.82, 2.24) is 10.3 Å². The largest absolute Gasteiger partial charge is 0.351 e. The van der Waals surface area contributed by atoms with Crippen LogP contribution in [0.25, 0.3) is 0 Å². The molecular weight excluding hydrogens is 324 g/mol. The fraction of sp³-hybridized carbons (Fsp3) is 0.143. The Bertz CT molecular complexity index is 548. The molecular formula is C14H13BrN2OS. The molecule has 0 radical (unpaired) electrons. The van der Waals surface area contributed by atoms with E-state index in [0.717, 1.165) is 5.75 Å². The van der Waals surface area contributed by atoms with E-state index in [0.29, 0.717) is 16.7 Å². The third-order valence-corrected chi connectivity index (χ3v) is 3.84. The van der Waals surface area contributed by atoms with Crippen molar-refractivity contribution >= 4 is 33.6 Å². The van der Waals surface area contributed by atoms with Gasteiger partial charge in [-0.05, 0) is 40.2 Å². The molecule has 1 heterocycles. The number of thioether (sulfide) groups is 1. The van der Waals surface area contributed by atoms with E-state index < -0.39 is 0 Å². The molecule has 0 aliphatic rings. The van der Waals surface area contributed by atoms with Crippen LogP contribution in [0.5, 0.6) is 0 Å². The zero-order valence-electron chi connectivity index (χ0n) is 10.2. The molecule has 0 atom stereocenters. The lowest BCUT2D eigenvalue weighted by molar-refractivity contribution is 0.0956. The Kier molecular flexibility index (Phi) is 5.42. The SMILES string of the molecule is O=C(NCCSc1ccccc1)c1ccnc(Br)c1. The number of nitrogens with zero attached hydrogens (tertiary/aromatic N) is 1. The minimum absolute atomic E-state index is 0.0724. The minimum atomic E-state index is -0.0724. The van der Waals surface area contributed by atoms with Gasteiger partial charge in [0.15, 0.2) is 0 Å². The Morgan fingerprint density at radius 2 is 2.05 bits per heavy atom. The summed E-state index contributed by atoms with van der Waals surface area (Å²) in [5.41, 5.74) is 0.617. The Balaban J connectivity index is 1.75. The molecule has 0 fully saturated rings. The number of pyridine rings is 1. The zero-order chi connectivity index (χ0) is 13.5. The number of halogens is 1. The molecule has 0 saturated carbocycles. The summed E-state index contributed by atoms with van der Waals surface area (Å²) < 4.78 is 0.666. The van der Waals surface area contributed by atoms with Gasteiger partial charge in [-0.2, -0.15) is 0 Å². The first-order valence-electron chi connectivity index (χ1n) is 5.83. The van der Waals surface area contributed by atoms with Crippen LogP contribution in [0, 0.1) is 0 Å². The predicted octanol–water partition coefficient (Wildman–Crippen LogP) is 3.37. The average molecular weight is 337 g/mol. The van der Waals surface area contributed by atoms with E-state index in [1.165, 1.54) is 4.90 Å². The number of aromatic nitrogens is 1. The summed E-state index contributed by atoms with van der Waals surface area (Å²) in [6, 6.07) is 13.5. The van der Waals surface area contributed by atoms with Crippen LogP contribution in [-0.2, 0) is 0 Å². The molecule has 1 aromatic heterocycles. The van der Waals surface area contributed by atoms with Crippen molar-refractivity contribution in [3.8, 4) is 0 Å². The average Bonchev–Trinajstić information content (AvgIpc) is 2.44. The van der Waals surface area contributed by atoms with E-state index >= 15 is 0 Å². The first kappa shape index (κ1) is 14.1. The highest BCUT2D eigenvalue weighted by Crippen LogP contribution is 2.15. The molecule has 0 aliphatic heterocycles. The maximum absolute atomic E-state index is 11.8. The van der Waals surface area contributed by atoms with Crippen molar-refractivity contribution < 1.29 is 4.79 Å². The number of carbonyl (C=O) groups is 1. The summed E-state index contributed by atoms with van der Waals surface area (Å²) in [5.74, 6) is 0.777. The summed E-state index contributed by atoms with van der Waals surface area (Å²) in [7, 11) is 0. The Labute approximate surface area is 125 Å². The molecule has 98 valence electrons. The number of carbonyl (C=O) groups excluding carboxylic acids is 1. The Morgan fingerprint density at radius 1 is 1.26 bits per heavy atom. The van der Waals surface area contributed by atoms with Crippen molar-refractivity contribution in [2.24, 2.45) is 0 Å². The van der Waals surface area contributed by atoms with Gasteiger partial charge in [-0.15, -0.1) is 11.8 Å². The quantitative estimate of drug-likeness (QED) is 0.517. The molecule has 1 N–H and O–H groups in total. The standard InChI is InChI=1S/C14H13BrN2OS/c15-13-10-11(6-7-16-13)14(18)17-8-9-19-12-4-2-1-3-5-12/h1-7,10H,8-9H2,(H,17,18). The number of hydrogen-bond donors (Lipinski definition) is 1. The van der Waals surface area contributed by atoms with E-state index in [1.54, 1.807) is 30.1 Å². The normalized spacial score (nSPS) is 10.2. The van der Waals surface area contributed by atoms with Crippen molar-refractivity contribution in [1.29, 1.82) is 0 Å². The predicted molar refractivity (Wildman–Crippen MR) is 81.4 cm³/mol. The molecule has 5 heteroatoms. The van der Waals surface area contributed by atoms with Gasteiger partial charge in [-0.3, -0.25) is 4.79 Å². The highest BCUT2D eigenvalue weighted by Gasteiger charge is 2.05. The molecule has 0 aliphatic carbocycles. The molecule has 0 spiro atoms. The molecule has 1 amide bonds. The minimum Gasteiger partial charge on any atom is -0.351 e. The van der Waals surface area contributed by atoms with E-state index in [4.69, 9.17) is 0 Å². The molecule has 1 aromatic carbocycles. The molecule has 0 bridgehead atoms. The van der Waals surface area contributed by atoms with Crippen LogP contribution in [0.2, 0.25) is 0 Å². The summed E-state index contributed by atoms with van der Waals surface area (Å²) >= 11 is 4.97. The molecule has 0 saturated heterocycles. The smallest absolute Gasteiger partial charge is 0.251 e. The second-order valence-corrected chi connectivity index (χ2v) is 5.77. The van der Waals surface area contributed by atoms with Crippen LogP contribution in [0.3, 0.4) is 0 Å². The number of amides is 1. The van der Waals surface area contributed by atoms with Gasteiger partial charge in [-0.1, -0.05) is 18.2 Å². The second-order valence-electron chi connectivity index (χ2n) is 3.78. The lowest BCUT2D eigenvalue weighted by Gasteiger charge is -2.05. The van der Waals surface area contributed by atoms with Gasteiger partial charge < -0.3 is 5.32 Å². The van der Waals surface area contributed by atoms with Crippen molar-refractivity contribution in [2.45, 2.75) is 4.90 Å². The zero-order valence-corrected chi connectivity index (χ0v) is 12.6. The van der Waals surface area contributed by atoms with Crippen molar-refractivity contribution in [2.75, 3.05) is 12.3 Å². The monoisotopic (exact) mass is 336 g/mol. The van der Waals surface area contributed by atoms with Crippen molar-refractivity contribution in [3.63, 3.8) is 0 Å². The number of hydrogen-bond acceptors (Lipinski definition) is 3. The number of benzene rings is 1. The lowest BCUT2D eigenvalue weighted by Crippen LogP contribution is -2.25. The topological polar surface area (TPSA) is 42.0 Å². The van der Waals surface area contributed by atoms with Gasteiger partial charge in [0.1, 0.15) is 4.60 Å². The van der Waals surface area contributed by atoms with Gasteiger partial charge in [0.2, 0.25) is 0 Å². The molecule has 0 unspecified atom stereocenters. The number of nitrogens with one attached hydrogen (secondary N) is 1. The molecule has 3 nitrogen and oxygen atoms in total. The van der Waals surface area contributed by atoms with Crippen LogP contribution in [0.15, 0.2) is 58.2 Å². The molecule has 2 aromatic rings. The maximum atomic E-state index is 11.8. The van der Waals surface area contributed by atoms with Crippen LogP contribution in [-0.4, -0.2) is 23.2 Å². The first-order valence-corrected chi connectivity index (χ1v) is 7.61. The van der Waals surface area contributed by atoms with Crippen molar-refractivity contribution in [3.05, 3.63) is 58.8 Å². The van der Waals surface area contributed by atoms with Crippen LogP contribution in [0.1, 0.15) is 10.4 Å². The van der Waals surface area contributed by atoms with Gasteiger partial charge in [0.05, 0.1) is 0 Å². The number of rotatable bonds is 5.